The Hall–Kier alpha value is -2.47. The van der Waals surface area contributed by atoms with E-state index in [0.29, 0.717) is 13.1 Å². The molecular formula is C22H26N4OS. The van der Waals surface area contributed by atoms with Gasteiger partial charge in [0, 0.05) is 36.6 Å². The van der Waals surface area contributed by atoms with Gasteiger partial charge in [-0.3, -0.25) is 4.79 Å². The van der Waals surface area contributed by atoms with Crippen molar-refractivity contribution < 1.29 is 4.79 Å². The molecule has 0 spiro atoms. The van der Waals surface area contributed by atoms with Crippen LogP contribution < -0.4 is 4.90 Å². The molecule has 0 bridgehead atoms. The predicted molar refractivity (Wildman–Crippen MR) is 116 cm³/mol. The zero-order valence-electron chi connectivity index (χ0n) is 17.0. The summed E-state index contributed by atoms with van der Waals surface area (Å²) < 4.78 is 0. The van der Waals surface area contributed by atoms with E-state index >= 15 is 0 Å². The predicted octanol–water partition coefficient (Wildman–Crippen LogP) is 4.14. The molecule has 4 rings (SSSR count). The Kier molecular flexibility index (Phi) is 5.06. The van der Waals surface area contributed by atoms with Crippen molar-refractivity contribution in [2.75, 3.05) is 31.1 Å². The van der Waals surface area contributed by atoms with Crippen LogP contribution in [0.3, 0.4) is 0 Å². The Morgan fingerprint density at radius 1 is 1.04 bits per heavy atom. The monoisotopic (exact) mass is 394 g/mol. The average Bonchev–Trinajstić information content (AvgIpc) is 3.12. The third kappa shape index (κ3) is 3.49. The number of hydrogen-bond donors (Lipinski definition) is 0. The third-order valence-corrected chi connectivity index (χ3v) is 6.68. The molecule has 0 unspecified atom stereocenters. The van der Waals surface area contributed by atoms with Crippen LogP contribution in [0.15, 0.2) is 24.3 Å². The molecule has 0 atom stereocenters. The van der Waals surface area contributed by atoms with Crippen molar-refractivity contribution in [3.05, 3.63) is 51.7 Å². The number of carbonyl (C=O) groups excluding carboxylic acids is 1. The smallest absolute Gasteiger partial charge is 0.253 e. The van der Waals surface area contributed by atoms with E-state index in [4.69, 9.17) is 4.98 Å². The normalized spacial score (nSPS) is 14.7. The second kappa shape index (κ2) is 7.51. The second-order valence-corrected chi connectivity index (χ2v) is 8.57. The fourth-order valence-electron chi connectivity index (χ4n) is 3.65. The molecule has 0 radical (unpaired) electrons. The Balaban J connectivity index is 1.52. The molecule has 5 nitrogen and oxygen atoms in total. The van der Waals surface area contributed by atoms with Crippen LogP contribution in [-0.4, -0.2) is 47.0 Å². The highest BCUT2D eigenvalue weighted by Gasteiger charge is 2.25. The van der Waals surface area contributed by atoms with E-state index in [1.54, 1.807) is 11.3 Å². The topological polar surface area (TPSA) is 49.3 Å². The van der Waals surface area contributed by atoms with Gasteiger partial charge in [0.05, 0.1) is 5.39 Å². The highest BCUT2D eigenvalue weighted by Crippen LogP contribution is 2.32. The van der Waals surface area contributed by atoms with Crippen molar-refractivity contribution >= 4 is 33.3 Å². The Bertz CT molecular complexity index is 1030. The van der Waals surface area contributed by atoms with Gasteiger partial charge in [-0.15, -0.1) is 11.3 Å². The molecule has 6 heteroatoms. The fourth-order valence-corrected chi connectivity index (χ4v) is 4.66. The van der Waals surface area contributed by atoms with Gasteiger partial charge in [-0.05, 0) is 56.5 Å². The average molecular weight is 395 g/mol. The van der Waals surface area contributed by atoms with Crippen molar-refractivity contribution in [2.45, 2.75) is 34.1 Å². The van der Waals surface area contributed by atoms with Crippen molar-refractivity contribution in [1.82, 2.24) is 14.9 Å². The molecule has 0 saturated carbocycles. The van der Waals surface area contributed by atoms with E-state index in [2.05, 4.69) is 36.7 Å². The Morgan fingerprint density at radius 2 is 1.79 bits per heavy atom. The molecule has 3 aromatic rings. The summed E-state index contributed by atoms with van der Waals surface area (Å²) in [4.78, 5) is 28.9. The number of aryl methyl sites for hydroxylation is 4. The van der Waals surface area contributed by atoms with Crippen molar-refractivity contribution in [3.8, 4) is 0 Å². The van der Waals surface area contributed by atoms with Crippen molar-refractivity contribution in [2.24, 2.45) is 0 Å². The first kappa shape index (κ1) is 18.9. The number of fused-ring (bicyclic) bond motifs is 1. The molecule has 2 aromatic heterocycles. The minimum Gasteiger partial charge on any atom is -0.352 e. The van der Waals surface area contributed by atoms with Gasteiger partial charge in [-0.1, -0.05) is 13.0 Å². The van der Waals surface area contributed by atoms with Crippen LogP contribution in [0, 0.1) is 20.8 Å². The van der Waals surface area contributed by atoms with Crippen LogP contribution in [0.4, 0.5) is 5.82 Å². The van der Waals surface area contributed by atoms with Gasteiger partial charge in [0.1, 0.15) is 16.5 Å². The van der Waals surface area contributed by atoms with Gasteiger partial charge >= 0.3 is 0 Å². The summed E-state index contributed by atoms with van der Waals surface area (Å²) in [5.74, 6) is 1.94. The van der Waals surface area contributed by atoms with Crippen LogP contribution in [0.25, 0.3) is 10.2 Å². The van der Waals surface area contributed by atoms with Crippen LogP contribution in [-0.2, 0) is 6.42 Å². The van der Waals surface area contributed by atoms with Crippen LogP contribution in [0.2, 0.25) is 0 Å². The van der Waals surface area contributed by atoms with Gasteiger partial charge in [0.2, 0.25) is 0 Å². The summed E-state index contributed by atoms with van der Waals surface area (Å²) in [5.41, 5.74) is 3.15. The van der Waals surface area contributed by atoms with Gasteiger partial charge in [0.25, 0.3) is 5.91 Å². The highest BCUT2D eigenvalue weighted by atomic mass is 32.1. The summed E-state index contributed by atoms with van der Waals surface area (Å²) in [6.45, 7) is 11.2. The number of aromatic nitrogens is 2. The number of amides is 1. The molecule has 1 aliphatic rings. The van der Waals surface area contributed by atoms with Crippen LogP contribution in [0.5, 0.6) is 0 Å². The standard InChI is InChI=1S/C22H26N4OS/c1-5-18-13-19-20(23-16(4)24-21(19)28-18)25-8-10-26(11-9-25)22(27)17-7-6-14(2)15(3)12-17/h6-7,12-13H,5,8-11H2,1-4H3. The summed E-state index contributed by atoms with van der Waals surface area (Å²) >= 11 is 1.75. The second-order valence-electron chi connectivity index (χ2n) is 7.46. The molecule has 28 heavy (non-hydrogen) atoms. The summed E-state index contributed by atoms with van der Waals surface area (Å²) in [6.07, 6.45) is 1.01. The van der Waals surface area contributed by atoms with E-state index in [1.807, 2.05) is 30.0 Å². The lowest BCUT2D eigenvalue weighted by Gasteiger charge is -2.35. The SMILES string of the molecule is CCc1cc2c(N3CCN(C(=O)c4ccc(C)c(C)c4)CC3)nc(C)nc2s1. The maximum absolute atomic E-state index is 12.9. The first-order valence-electron chi connectivity index (χ1n) is 9.84. The number of thiophene rings is 1. The van der Waals surface area contributed by atoms with Crippen molar-refractivity contribution in [3.63, 3.8) is 0 Å². The molecule has 1 amide bonds. The summed E-state index contributed by atoms with van der Waals surface area (Å²) in [7, 11) is 0. The molecule has 3 heterocycles. The molecule has 1 aliphatic heterocycles. The van der Waals surface area contributed by atoms with E-state index in [9.17, 15) is 4.79 Å². The molecular weight excluding hydrogens is 368 g/mol. The lowest BCUT2D eigenvalue weighted by Crippen LogP contribution is -2.49. The molecule has 0 aliphatic carbocycles. The minimum atomic E-state index is 0.121. The highest BCUT2D eigenvalue weighted by molar-refractivity contribution is 7.18. The number of hydrogen-bond acceptors (Lipinski definition) is 5. The summed E-state index contributed by atoms with van der Waals surface area (Å²) in [5, 5.41) is 1.14. The molecule has 1 fully saturated rings. The van der Waals surface area contributed by atoms with Gasteiger partial charge in [0.15, 0.2) is 0 Å². The quantitative estimate of drug-likeness (QED) is 0.670. The van der Waals surface area contributed by atoms with E-state index < -0.39 is 0 Å². The van der Waals surface area contributed by atoms with Crippen molar-refractivity contribution in [1.29, 1.82) is 0 Å². The summed E-state index contributed by atoms with van der Waals surface area (Å²) in [6, 6.07) is 8.19. The van der Waals surface area contributed by atoms with Gasteiger partial charge < -0.3 is 9.80 Å². The van der Waals surface area contributed by atoms with Crippen LogP contribution in [0.1, 0.15) is 39.1 Å². The molecule has 1 saturated heterocycles. The zero-order chi connectivity index (χ0) is 19.8. The molecule has 1 aromatic carbocycles. The zero-order valence-corrected chi connectivity index (χ0v) is 17.8. The molecule has 146 valence electrons. The third-order valence-electron chi connectivity index (χ3n) is 5.50. The Labute approximate surface area is 170 Å². The Morgan fingerprint density at radius 3 is 2.46 bits per heavy atom. The van der Waals surface area contributed by atoms with E-state index in [-0.39, 0.29) is 5.91 Å². The number of piperazine rings is 1. The van der Waals surface area contributed by atoms with E-state index in [0.717, 1.165) is 52.5 Å². The number of rotatable bonds is 3. The minimum absolute atomic E-state index is 0.121. The number of benzene rings is 1. The molecule has 0 N–H and O–H groups in total. The first-order chi connectivity index (χ1) is 13.5. The van der Waals surface area contributed by atoms with Gasteiger partial charge in [-0.25, -0.2) is 9.97 Å². The maximum Gasteiger partial charge on any atom is 0.253 e. The van der Waals surface area contributed by atoms with Crippen LogP contribution >= 0.6 is 11.3 Å². The lowest BCUT2D eigenvalue weighted by atomic mass is 10.1. The maximum atomic E-state index is 12.9. The number of nitrogens with zero attached hydrogens (tertiary/aromatic N) is 4. The number of carbonyl (C=O) groups is 1. The fraction of sp³-hybridized carbons (Fsp3) is 0.409. The largest absolute Gasteiger partial charge is 0.352 e. The lowest BCUT2D eigenvalue weighted by molar-refractivity contribution is 0.0746. The van der Waals surface area contributed by atoms with E-state index in [1.165, 1.54) is 10.4 Å². The van der Waals surface area contributed by atoms with Gasteiger partial charge in [-0.2, -0.15) is 0 Å². The number of anilines is 1. The first-order valence-corrected chi connectivity index (χ1v) is 10.7.